The number of nitrogens with one attached hydrogen (secondary N) is 1. The monoisotopic (exact) mass is 291 g/mol. The topological polar surface area (TPSA) is 58.4 Å². The smallest absolute Gasteiger partial charge is 0.273 e. The molecule has 0 spiro atoms. The van der Waals surface area contributed by atoms with Crippen LogP contribution >= 0.6 is 0 Å². The second-order valence-corrected chi connectivity index (χ2v) is 6.75. The summed E-state index contributed by atoms with van der Waals surface area (Å²) >= 11 is 0. The number of non-ortho nitro benzene ring substituents is 1. The van der Waals surface area contributed by atoms with E-state index in [1.807, 2.05) is 13.1 Å². The van der Waals surface area contributed by atoms with E-state index in [1.54, 1.807) is 19.2 Å². The molecule has 0 unspecified atom stereocenters. The minimum atomic E-state index is -0.331. The van der Waals surface area contributed by atoms with Gasteiger partial charge >= 0.3 is 0 Å². The third-order valence-corrected chi connectivity index (χ3v) is 4.67. The van der Waals surface area contributed by atoms with Gasteiger partial charge in [0.1, 0.15) is 0 Å². The summed E-state index contributed by atoms with van der Waals surface area (Å²) in [5, 5.41) is 14.1. The Bertz CT molecular complexity index is 518. The molecule has 1 aromatic rings. The minimum Gasteiger partial charge on any atom is -0.388 e. The zero-order valence-electron chi connectivity index (χ0n) is 13.3. The summed E-state index contributed by atoms with van der Waals surface area (Å²) in [7, 11) is 3.83. The van der Waals surface area contributed by atoms with Crippen LogP contribution in [0.15, 0.2) is 18.2 Å². The standard InChI is InChI=1S/C16H25N3O2/c1-16(2)7-5-13(6-8-16)18(4)14-9-12(17-3)10-15(11-14)19(20)21/h9-11,13,17H,5-8H2,1-4H3. The molecule has 0 aliphatic heterocycles. The van der Waals surface area contributed by atoms with Crippen molar-refractivity contribution >= 4 is 17.1 Å². The molecule has 0 atom stereocenters. The van der Waals surface area contributed by atoms with Crippen LogP contribution in [0.3, 0.4) is 0 Å². The predicted molar refractivity (Wildman–Crippen MR) is 87.1 cm³/mol. The lowest BCUT2D eigenvalue weighted by Crippen LogP contribution is -2.37. The summed E-state index contributed by atoms with van der Waals surface area (Å²) in [5.74, 6) is 0. The highest BCUT2D eigenvalue weighted by atomic mass is 16.6. The highest BCUT2D eigenvalue weighted by molar-refractivity contribution is 5.64. The van der Waals surface area contributed by atoms with Crippen LogP contribution in [0.5, 0.6) is 0 Å². The Balaban J connectivity index is 2.20. The van der Waals surface area contributed by atoms with Crippen molar-refractivity contribution in [2.75, 3.05) is 24.3 Å². The maximum absolute atomic E-state index is 11.1. The largest absolute Gasteiger partial charge is 0.388 e. The van der Waals surface area contributed by atoms with Gasteiger partial charge < -0.3 is 10.2 Å². The first-order valence-corrected chi connectivity index (χ1v) is 7.52. The third kappa shape index (κ3) is 3.65. The molecule has 1 aromatic carbocycles. The SMILES string of the molecule is CNc1cc(N(C)C2CCC(C)(C)CC2)cc([N+](=O)[O-])c1. The molecule has 0 heterocycles. The maximum atomic E-state index is 11.1. The number of nitro benzene ring substituents is 1. The van der Waals surface area contributed by atoms with E-state index in [0.29, 0.717) is 11.5 Å². The first-order valence-electron chi connectivity index (χ1n) is 7.52. The van der Waals surface area contributed by atoms with Gasteiger partial charge in [0.25, 0.3) is 5.69 Å². The van der Waals surface area contributed by atoms with Crippen molar-refractivity contribution in [3.8, 4) is 0 Å². The van der Waals surface area contributed by atoms with E-state index in [1.165, 1.54) is 12.8 Å². The van der Waals surface area contributed by atoms with Gasteiger partial charge in [-0.2, -0.15) is 0 Å². The van der Waals surface area contributed by atoms with Crippen molar-refractivity contribution in [3.05, 3.63) is 28.3 Å². The molecule has 21 heavy (non-hydrogen) atoms. The Morgan fingerprint density at radius 1 is 1.29 bits per heavy atom. The lowest BCUT2D eigenvalue weighted by molar-refractivity contribution is -0.384. The fraction of sp³-hybridized carbons (Fsp3) is 0.625. The van der Waals surface area contributed by atoms with E-state index in [9.17, 15) is 10.1 Å². The molecule has 2 rings (SSSR count). The Morgan fingerprint density at radius 2 is 1.90 bits per heavy atom. The second-order valence-electron chi connectivity index (χ2n) is 6.75. The molecule has 1 aliphatic carbocycles. The first-order chi connectivity index (χ1) is 9.82. The zero-order chi connectivity index (χ0) is 15.6. The molecule has 0 bridgehead atoms. The van der Waals surface area contributed by atoms with Crippen molar-refractivity contribution in [1.29, 1.82) is 0 Å². The van der Waals surface area contributed by atoms with Crippen LogP contribution < -0.4 is 10.2 Å². The molecule has 0 aromatic heterocycles. The Hall–Kier alpha value is -1.78. The summed E-state index contributed by atoms with van der Waals surface area (Å²) in [6.45, 7) is 4.63. The Morgan fingerprint density at radius 3 is 2.43 bits per heavy atom. The number of anilines is 2. The Labute approximate surface area is 126 Å². The predicted octanol–water partition coefficient (Wildman–Crippen LogP) is 4.04. The molecule has 0 saturated heterocycles. The van der Waals surface area contributed by atoms with E-state index in [-0.39, 0.29) is 10.6 Å². The lowest BCUT2D eigenvalue weighted by atomic mass is 9.75. The first kappa shape index (κ1) is 15.6. The van der Waals surface area contributed by atoms with Crippen molar-refractivity contribution in [2.24, 2.45) is 5.41 Å². The summed E-state index contributed by atoms with van der Waals surface area (Å²) in [4.78, 5) is 12.9. The van der Waals surface area contributed by atoms with Crippen molar-refractivity contribution in [1.82, 2.24) is 0 Å². The summed E-state index contributed by atoms with van der Waals surface area (Å²) in [6.07, 6.45) is 4.69. The van der Waals surface area contributed by atoms with E-state index in [4.69, 9.17) is 0 Å². The van der Waals surface area contributed by atoms with E-state index >= 15 is 0 Å². The fourth-order valence-electron chi connectivity index (χ4n) is 3.03. The average Bonchev–Trinajstić information content (AvgIpc) is 2.46. The molecular weight excluding hydrogens is 266 g/mol. The highest BCUT2D eigenvalue weighted by Gasteiger charge is 2.29. The highest BCUT2D eigenvalue weighted by Crippen LogP contribution is 2.38. The molecule has 5 nitrogen and oxygen atoms in total. The quantitative estimate of drug-likeness (QED) is 0.672. The molecule has 5 heteroatoms. The second kappa shape index (κ2) is 5.92. The average molecular weight is 291 g/mol. The van der Waals surface area contributed by atoms with Crippen molar-refractivity contribution in [3.63, 3.8) is 0 Å². The summed E-state index contributed by atoms with van der Waals surface area (Å²) in [5.41, 5.74) is 2.26. The van der Waals surface area contributed by atoms with Gasteiger partial charge in [-0.25, -0.2) is 0 Å². The molecule has 0 radical (unpaired) electrons. The normalized spacial score (nSPS) is 18.3. The van der Waals surface area contributed by atoms with Crippen LogP contribution in [-0.4, -0.2) is 25.1 Å². The molecule has 0 amide bonds. The van der Waals surface area contributed by atoms with E-state index in [0.717, 1.165) is 24.2 Å². The van der Waals surface area contributed by atoms with Crippen LogP contribution in [-0.2, 0) is 0 Å². The molecule has 1 saturated carbocycles. The Kier molecular flexibility index (Phi) is 4.40. The number of nitrogens with zero attached hydrogens (tertiary/aromatic N) is 2. The number of nitro groups is 1. The number of rotatable bonds is 4. The van der Waals surface area contributed by atoms with Crippen LogP contribution in [0.25, 0.3) is 0 Å². The molecular formula is C16H25N3O2. The van der Waals surface area contributed by atoms with Crippen LogP contribution in [0.2, 0.25) is 0 Å². The molecule has 1 fully saturated rings. The van der Waals surface area contributed by atoms with Crippen molar-refractivity contribution < 1.29 is 4.92 Å². The van der Waals surface area contributed by atoms with Crippen molar-refractivity contribution in [2.45, 2.75) is 45.6 Å². The third-order valence-electron chi connectivity index (χ3n) is 4.67. The molecule has 1 aliphatic rings. The van der Waals surface area contributed by atoms with Gasteiger partial charge in [-0.15, -0.1) is 0 Å². The van der Waals surface area contributed by atoms with Gasteiger partial charge in [0.15, 0.2) is 0 Å². The summed E-state index contributed by atoms with van der Waals surface area (Å²) in [6, 6.07) is 5.68. The van der Waals surface area contributed by atoms with Crippen LogP contribution in [0, 0.1) is 15.5 Å². The van der Waals surface area contributed by atoms with Gasteiger partial charge in [-0.3, -0.25) is 10.1 Å². The zero-order valence-corrected chi connectivity index (χ0v) is 13.3. The minimum absolute atomic E-state index is 0.139. The van der Waals surface area contributed by atoms with Crippen LogP contribution in [0.1, 0.15) is 39.5 Å². The van der Waals surface area contributed by atoms with Gasteiger partial charge in [-0.05, 0) is 37.2 Å². The molecule has 116 valence electrons. The van der Waals surface area contributed by atoms with E-state index in [2.05, 4.69) is 24.1 Å². The van der Waals surface area contributed by atoms with Crippen LogP contribution in [0.4, 0.5) is 17.1 Å². The number of benzene rings is 1. The summed E-state index contributed by atoms with van der Waals surface area (Å²) < 4.78 is 0. The van der Waals surface area contributed by atoms with Gasteiger partial charge in [0.2, 0.25) is 0 Å². The lowest BCUT2D eigenvalue weighted by Gasteiger charge is -2.39. The number of hydrogen-bond acceptors (Lipinski definition) is 4. The fourth-order valence-corrected chi connectivity index (χ4v) is 3.03. The maximum Gasteiger partial charge on any atom is 0.273 e. The van der Waals surface area contributed by atoms with E-state index < -0.39 is 0 Å². The van der Waals surface area contributed by atoms with Gasteiger partial charge in [0.05, 0.1) is 4.92 Å². The van der Waals surface area contributed by atoms with Gasteiger partial charge in [-0.1, -0.05) is 13.8 Å². The number of hydrogen-bond donors (Lipinski definition) is 1. The molecule has 1 N–H and O–H groups in total. The van der Waals surface area contributed by atoms with Gasteiger partial charge in [0, 0.05) is 43.6 Å².